The molecule has 0 heterocycles. The SMILES string of the molecule is C=COCc1cc2c3c(cccc3c1)C=C2. The first-order valence-electron chi connectivity index (χ1n) is 5.35. The van der Waals surface area contributed by atoms with Gasteiger partial charge < -0.3 is 4.74 Å². The zero-order valence-corrected chi connectivity index (χ0v) is 8.94. The molecule has 0 saturated heterocycles. The summed E-state index contributed by atoms with van der Waals surface area (Å²) in [6.45, 7) is 4.14. The Morgan fingerprint density at radius 1 is 1.12 bits per heavy atom. The van der Waals surface area contributed by atoms with Gasteiger partial charge in [-0.05, 0) is 39.6 Å². The highest BCUT2D eigenvalue weighted by atomic mass is 16.5. The minimum atomic E-state index is 0.588. The maximum absolute atomic E-state index is 5.22. The number of benzene rings is 2. The van der Waals surface area contributed by atoms with Crippen molar-refractivity contribution in [3.05, 3.63) is 59.9 Å². The molecular formula is C15H12O. The Morgan fingerprint density at radius 3 is 2.88 bits per heavy atom. The molecule has 0 unspecified atom stereocenters. The van der Waals surface area contributed by atoms with Crippen LogP contribution in [0.25, 0.3) is 22.9 Å². The highest BCUT2D eigenvalue weighted by Gasteiger charge is 2.09. The van der Waals surface area contributed by atoms with Crippen molar-refractivity contribution in [1.29, 1.82) is 0 Å². The van der Waals surface area contributed by atoms with Gasteiger partial charge in [-0.2, -0.15) is 0 Å². The van der Waals surface area contributed by atoms with Gasteiger partial charge in [0.1, 0.15) is 6.61 Å². The van der Waals surface area contributed by atoms with Crippen molar-refractivity contribution < 1.29 is 4.74 Å². The molecule has 0 radical (unpaired) electrons. The number of hydrogen-bond acceptors (Lipinski definition) is 1. The van der Waals surface area contributed by atoms with E-state index in [1.807, 2.05) is 0 Å². The van der Waals surface area contributed by atoms with Crippen LogP contribution >= 0.6 is 0 Å². The second-order valence-electron chi connectivity index (χ2n) is 3.94. The number of rotatable bonds is 3. The molecule has 0 spiro atoms. The molecule has 0 aliphatic heterocycles. The van der Waals surface area contributed by atoms with Gasteiger partial charge in [-0.3, -0.25) is 0 Å². The van der Waals surface area contributed by atoms with E-state index >= 15 is 0 Å². The van der Waals surface area contributed by atoms with Crippen molar-refractivity contribution in [3.8, 4) is 0 Å². The van der Waals surface area contributed by atoms with Gasteiger partial charge in [-0.25, -0.2) is 0 Å². The van der Waals surface area contributed by atoms with Gasteiger partial charge in [0.25, 0.3) is 0 Å². The molecule has 0 atom stereocenters. The maximum atomic E-state index is 5.22. The van der Waals surface area contributed by atoms with Crippen LogP contribution in [0.1, 0.15) is 16.7 Å². The van der Waals surface area contributed by atoms with Crippen molar-refractivity contribution in [2.24, 2.45) is 0 Å². The lowest BCUT2D eigenvalue weighted by Gasteiger charge is -2.06. The van der Waals surface area contributed by atoms with Crippen molar-refractivity contribution in [2.45, 2.75) is 6.61 Å². The van der Waals surface area contributed by atoms with Crippen LogP contribution < -0.4 is 0 Å². The molecule has 0 N–H and O–H groups in total. The van der Waals surface area contributed by atoms with Gasteiger partial charge in [0.15, 0.2) is 0 Å². The Balaban J connectivity index is 2.17. The lowest BCUT2D eigenvalue weighted by atomic mass is 10.0. The standard InChI is InChI=1S/C15H12O/c1-2-16-10-11-8-13-5-3-4-12-6-7-14(9-11)15(12)13/h2-9H,1,10H2. The molecule has 0 amide bonds. The van der Waals surface area contributed by atoms with E-state index in [0.29, 0.717) is 6.61 Å². The zero-order chi connectivity index (χ0) is 11.0. The summed E-state index contributed by atoms with van der Waals surface area (Å²) in [5.74, 6) is 0. The van der Waals surface area contributed by atoms with Crippen LogP contribution in [-0.4, -0.2) is 0 Å². The minimum Gasteiger partial charge on any atom is -0.497 e. The molecule has 2 aromatic carbocycles. The summed E-state index contributed by atoms with van der Waals surface area (Å²) in [5.41, 5.74) is 3.78. The van der Waals surface area contributed by atoms with E-state index in [0.717, 1.165) is 0 Å². The normalized spacial score (nSPS) is 12.0. The molecule has 1 heteroatoms. The lowest BCUT2D eigenvalue weighted by Crippen LogP contribution is -1.88. The fourth-order valence-electron chi connectivity index (χ4n) is 2.24. The summed E-state index contributed by atoms with van der Waals surface area (Å²) < 4.78 is 5.22. The van der Waals surface area contributed by atoms with Crippen LogP contribution in [0.5, 0.6) is 0 Å². The minimum absolute atomic E-state index is 0.588. The number of ether oxygens (including phenoxy) is 1. The zero-order valence-electron chi connectivity index (χ0n) is 8.94. The summed E-state index contributed by atoms with van der Waals surface area (Å²) in [6, 6.07) is 10.7. The Labute approximate surface area is 94.7 Å². The molecule has 3 rings (SSSR count). The van der Waals surface area contributed by atoms with E-state index in [1.54, 1.807) is 0 Å². The topological polar surface area (TPSA) is 9.23 Å². The Bertz CT molecular complexity index is 594. The van der Waals surface area contributed by atoms with E-state index in [4.69, 9.17) is 4.74 Å². The highest BCUT2D eigenvalue weighted by Crippen LogP contribution is 2.32. The van der Waals surface area contributed by atoms with Gasteiger partial charge in [-0.15, -0.1) is 0 Å². The second-order valence-corrected chi connectivity index (χ2v) is 3.94. The van der Waals surface area contributed by atoms with E-state index in [2.05, 4.69) is 49.1 Å². The smallest absolute Gasteiger partial charge is 0.112 e. The van der Waals surface area contributed by atoms with E-state index in [1.165, 1.54) is 33.7 Å². The van der Waals surface area contributed by atoms with E-state index in [-0.39, 0.29) is 0 Å². The van der Waals surface area contributed by atoms with Gasteiger partial charge >= 0.3 is 0 Å². The first-order valence-corrected chi connectivity index (χ1v) is 5.35. The van der Waals surface area contributed by atoms with Crippen molar-refractivity contribution in [3.63, 3.8) is 0 Å². The molecule has 0 aromatic heterocycles. The van der Waals surface area contributed by atoms with Gasteiger partial charge in [0, 0.05) is 0 Å². The fraction of sp³-hybridized carbons (Fsp3) is 0.0667. The largest absolute Gasteiger partial charge is 0.497 e. The summed E-state index contributed by atoms with van der Waals surface area (Å²) >= 11 is 0. The predicted molar refractivity (Wildman–Crippen MR) is 67.9 cm³/mol. The average Bonchev–Trinajstić information content (AvgIpc) is 2.72. The second kappa shape index (κ2) is 3.53. The molecule has 0 saturated carbocycles. The Morgan fingerprint density at radius 2 is 2.00 bits per heavy atom. The molecule has 1 aliphatic rings. The van der Waals surface area contributed by atoms with Crippen LogP contribution in [0.2, 0.25) is 0 Å². The van der Waals surface area contributed by atoms with Crippen LogP contribution in [0.4, 0.5) is 0 Å². The van der Waals surface area contributed by atoms with Crippen LogP contribution in [0.3, 0.4) is 0 Å². The summed E-state index contributed by atoms with van der Waals surface area (Å²) in [6.07, 6.45) is 5.81. The maximum Gasteiger partial charge on any atom is 0.112 e. The molecule has 0 fully saturated rings. The molecule has 0 bridgehead atoms. The third kappa shape index (κ3) is 1.33. The predicted octanol–water partition coefficient (Wildman–Crippen LogP) is 3.98. The molecular weight excluding hydrogens is 196 g/mol. The first kappa shape index (κ1) is 9.22. The van der Waals surface area contributed by atoms with Crippen LogP contribution in [0.15, 0.2) is 43.2 Å². The molecule has 1 aliphatic carbocycles. The van der Waals surface area contributed by atoms with E-state index < -0.39 is 0 Å². The summed E-state index contributed by atoms with van der Waals surface area (Å²) in [7, 11) is 0. The molecule has 1 nitrogen and oxygen atoms in total. The van der Waals surface area contributed by atoms with Gasteiger partial charge in [-0.1, -0.05) is 36.9 Å². The summed E-state index contributed by atoms with van der Waals surface area (Å²) in [5, 5.41) is 2.63. The third-order valence-electron chi connectivity index (χ3n) is 2.91. The van der Waals surface area contributed by atoms with E-state index in [9.17, 15) is 0 Å². The van der Waals surface area contributed by atoms with Crippen molar-refractivity contribution in [1.82, 2.24) is 0 Å². The molecule has 16 heavy (non-hydrogen) atoms. The fourth-order valence-corrected chi connectivity index (χ4v) is 2.24. The number of hydrogen-bond donors (Lipinski definition) is 0. The third-order valence-corrected chi connectivity index (χ3v) is 2.91. The quantitative estimate of drug-likeness (QED) is 0.591. The molecule has 2 aromatic rings. The Kier molecular flexibility index (Phi) is 2.03. The van der Waals surface area contributed by atoms with Gasteiger partial charge in [0.05, 0.1) is 6.26 Å². The van der Waals surface area contributed by atoms with Crippen molar-refractivity contribution in [2.75, 3.05) is 0 Å². The lowest BCUT2D eigenvalue weighted by molar-refractivity contribution is 0.238. The average molecular weight is 208 g/mol. The Hall–Kier alpha value is -2.02. The monoisotopic (exact) mass is 208 g/mol. The van der Waals surface area contributed by atoms with Crippen LogP contribution in [-0.2, 0) is 11.3 Å². The van der Waals surface area contributed by atoms with Crippen LogP contribution in [0, 0.1) is 0 Å². The molecule has 78 valence electrons. The highest BCUT2D eigenvalue weighted by molar-refractivity contribution is 6.05. The summed E-state index contributed by atoms with van der Waals surface area (Å²) in [4.78, 5) is 0. The first-order chi connectivity index (χ1) is 7.88. The van der Waals surface area contributed by atoms with Crippen molar-refractivity contribution >= 4 is 22.9 Å². The van der Waals surface area contributed by atoms with Gasteiger partial charge in [0.2, 0.25) is 0 Å².